The standard InChI is InChI=1S/C26H30N3O2/c1-3-19-17-29(16-18-6-10-27-11-7-18)13-9-20(19)14-25(29)26(30)22-8-12-28-24-5-4-21(31-2)15-23(22)24/h3-8,10-12,15,19-20,25-26,30H,1,9,13-14,16-17H2,2H3/q+1/t19?,20?,25?,26-,29?/m0/s1. The highest BCUT2D eigenvalue weighted by atomic mass is 16.5. The molecule has 3 aliphatic heterocycles. The van der Waals surface area contributed by atoms with Gasteiger partial charge in [-0.25, -0.2) is 0 Å². The van der Waals surface area contributed by atoms with Crippen molar-refractivity contribution >= 4 is 10.9 Å². The van der Waals surface area contributed by atoms with Crippen LogP contribution in [0.15, 0.2) is 67.6 Å². The Morgan fingerprint density at radius 1 is 1.23 bits per heavy atom. The van der Waals surface area contributed by atoms with Crippen LogP contribution in [0.3, 0.4) is 0 Å². The van der Waals surface area contributed by atoms with Crippen molar-refractivity contribution in [1.82, 2.24) is 9.97 Å². The van der Waals surface area contributed by atoms with Crippen LogP contribution in [0.2, 0.25) is 0 Å². The molecule has 0 radical (unpaired) electrons. The van der Waals surface area contributed by atoms with Gasteiger partial charge in [0.15, 0.2) is 0 Å². The predicted molar refractivity (Wildman–Crippen MR) is 121 cm³/mol. The Balaban J connectivity index is 1.56. The van der Waals surface area contributed by atoms with Crippen LogP contribution in [0.25, 0.3) is 10.9 Å². The number of hydrogen-bond acceptors (Lipinski definition) is 4. The van der Waals surface area contributed by atoms with E-state index in [9.17, 15) is 5.11 Å². The fraction of sp³-hybridized carbons (Fsp3) is 0.385. The van der Waals surface area contributed by atoms with Gasteiger partial charge < -0.3 is 14.3 Å². The molecule has 1 N–H and O–H groups in total. The van der Waals surface area contributed by atoms with Crippen LogP contribution >= 0.6 is 0 Å². The maximum absolute atomic E-state index is 11.8. The van der Waals surface area contributed by atoms with Gasteiger partial charge in [0.25, 0.3) is 0 Å². The molecular formula is C26H30N3O2+. The number of pyridine rings is 2. The first-order chi connectivity index (χ1) is 15.1. The van der Waals surface area contributed by atoms with E-state index in [0.29, 0.717) is 11.8 Å². The summed E-state index contributed by atoms with van der Waals surface area (Å²) in [5.74, 6) is 1.89. The van der Waals surface area contributed by atoms with Gasteiger partial charge in [-0.2, -0.15) is 0 Å². The summed E-state index contributed by atoms with van der Waals surface area (Å²) in [6.45, 7) is 7.16. The number of quaternary nitrogens is 1. The Morgan fingerprint density at radius 2 is 2.06 bits per heavy atom. The lowest BCUT2D eigenvalue weighted by Gasteiger charge is -2.58. The molecule has 0 saturated carbocycles. The topological polar surface area (TPSA) is 55.2 Å². The third kappa shape index (κ3) is 3.52. The Bertz CT molecular complexity index is 1090. The SMILES string of the molecule is C=CC1C[N+]2(Cc3ccncc3)CCC1CC2[C@@H](O)c1ccnc2ccc(OC)cc12. The highest BCUT2D eigenvalue weighted by Crippen LogP contribution is 2.48. The zero-order valence-electron chi connectivity index (χ0n) is 18.0. The van der Waals surface area contributed by atoms with E-state index in [2.05, 4.69) is 34.8 Å². The molecule has 6 rings (SSSR count). The maximum atomic E-state index is 11.8. The zero-order valence-corrected chi connectivity index (χ0v) is 18.0. The van der Waals surface area contributed by atoms with E-state index in [1.54, 1.807) is 7.11 Å². The Morgan fingerprint density at radius 3 is 2.84 bits per heavy atom. The van der Waals surface area contributed by atoms with Gasteiger partial charge in [-0.3, -0.25) is 9.97 Å². The minimum Gasteiger partial charge on any atom is -0.497 e. The predicted octanol–water partition coefficient (Wildman–Crippen LogP) is 4.28. The molecule has 5 heterocycles. The molecule has 0 aliphatic carbocycles. The number of fused-ring (bicyclic) bond motifs is 4. The summed E-state index contributed by atoms with van der Waals surface area (Å²) in [7, 11) is 1.67. The highest BCUT2D eigenvalue weighted by molar-refractivity contribution is 5.83. The number of ether oxygens (including phenoxy) is 1. The van der Waals surface area contributed by atoms with Gasteiger partial charge in [0, 0.05) is 48.3 Å². The van der Waals surface area contributed by atoms with E-state index in [0.717, 1.165) is 52.8 Å². The summed E-state index contributed by atoms with van der Waals surface area (Å²) in [4.78, 5) is 8.70. The van der Waals surface area contributed by atoms with Crippen molar-refractivity contribution < 1.29 is 14.3 Å². The van der Waals surface area contributed by atoms with Crippen LogP contribution in [0.5, 0.6) is 5.75 Å². The maximum Gasteiger partial charge on any atom is 0.131 e. The second-order valence-electron chi connectivity index (χ2n) is 9.12. The van der Waals surface area contributed by atoms with Gasteiger partial charge in [0.1, 0.15) is 24.4 Å². The average molecular weight is 417 g/mol. The summed E-state index contributed by atoms with van der Waals surface area (Å²) in [5, 5.41) is 12.8. The number of nitrogens with zero attached hydrogens (tertiary/aromatic N) is 3. The normalized spacial score (nSPS) is 28.4. The molecule has 5 heteroatoms. The molecule has 1 aromatic carbocycles. The number of rotatable bonds is 6. The van der Waals surface area contributed by atoms with Crippen LogP contribution in [0.4, 0.5) is 0 Å². The second-order valence-corrected chi connectivity index (χ2v) is 9.12. The van der Waals surface area contributed by atoms with Gasteiger partial charge in [-0.1, -0.05) is 6.08 Å². The number of methoxy groups -OCH3 is 1. The minimum atomic E-state index is -0.562. The third-order valence-corrected chi connectivity index (χ3v) is 7.59. The van der Waals surface area contributed by atoms with Gasteiger partial charge in [-0.15, -0.1) is 6.58 Å². The number of aliphatic hydroxyl groups is 1. The lowest BCUT2D eigenvalue weighted by atomic mass is 9.71. The molecule has 3 fully saturated rings. The number of aromatic nitrogens is 2. The molecule has 3 aromatic rings. The van der Waals surface area contributed by atoms with E-state index in [-0.39, 0.29) is 6.04 Å². The summed E-state index contributed by atoms with van der Waals surface area (Å²) >= 11 is 0. The molecule has 0 amide bonds. The summed E-state index contributed by atoms with van der Waals surface area (Å²) in [5.41, 5.74) is 3.11. The van der Waals surface area contributed by atoms with Gasteiger partial charge in [0.05, 0.1) is 25.7 Å². The van der Waals surface area contributed by atoms with E-state index in [1.165, 1.54) is 12.0 Å². The molecule has 2 bridgehead atoms. The number of benzene rings is 1. The van der Waals surface area contributed by atoms with E-state index < -0.39 is 6.10 Å². The molecule has 31 heavy (non-hydrogen) atoms. The fourth-order valence-electron chi connectivity index (χ4n) is 5.97. The van der Waals surface area contributed by atoms with Crippen LogP contribution < -0.4 is 4.74 Å². The molecule has 5 nitrogen and oxygen atoms in total. The minimum absolute atomic E-state index is 0.139. The smallest absolute Gasteiger partial charge is 0.131 e. The van der Waals surface area contributed by atoms with Crippen molar-refractivity contribution in [3.05, 3.63) is 78.8 Å². The first-order valence-electron chi connectivity index (χ1n) is 11.1. The molecule has 2 aromatic heterocycles. The highest BCUT2D eigenvalue weighted by Gasteiger charge is 2.53. The first-order valence-corrected chi connectivity index (χ1v) is 11.1. The second kappa shape index (κ2) is 8.06. The van der Waals surface area contributed by atoms with E-state index in [4.69, 9.17) is 4.74 Å². The van der Waals surface area contributed by atoms with Crippen LogP contribution in [-0.4, -0.2) is 45.8 Å². The zero-order chi connectivity index (χ0) is 21.4. The first kappa shape index (κ1) is 20.2. The summed E-state index contributed by atoms with van der Waals surface area (Å²) in [6, 6.07) is 12.2. The van der Waals surface area contributed by atoms with Gasteiger partial charge in [0.2, 0.25) is 0 Å². The lowest BCUT2D eigenvalue weighted by Crippen LogP contribution is -2.67. The average Bonchev–Trinajstić information content (AvgIpc) is 2.83. The van der Waals surface area contributed by atoms with Crippen molar-refractivity contribution in [2.45, 2.75) is 31.5 Å². The molecule has 3 aliphatic rings. The van der Waals surface area contributed by atoms with Crippen molar-refractivity contribution in [3.63, 3.8) is 0 Å². The Kier molecular flexibility index (Phi) is 5.24. The van der Waals surface area contributed by atoms with Crippen molar-refractivity contribution in [1.29, 1.82) is 0 Å². The monoisotopic (exact) mass is 416 g/mol. The Hall–Kier alpha value is -2.76. The fourth-order valence-corrected chi connectivity index (χ4v) is 5.97. The van der Waals surface area contributed by atoms with E-state index >= 15 is 0 Å². The van der Waals surface area contributed by atoms with Gasteiger partial charge in [-0.05, 0) is 47.9 Å². The Labute approximate surface area is 183 Å². The summed E-state index contributed by atoms with van der Waals surface area (Å²) < 4.78 is 6.34. The number of hydrogen-bond donors (Lipinski definition) is 1. The van der Waals surface area contributed by atoms with Crippen LogP contribution in [-0.2, 0) is 6.54 Å². The van der Waals surface area contributed by atoms with Crippen molar-refractivity contribution in [2.75, 3.05) is 20.2 Å². The molecular weight excluding hydrogens is 386 g/mol. The molecule has 4 unspecified atom stereocenters. The molecule has 0 spiro atoms. The van der Waals surface area contributed by atoms with Crippen LogP contribution in [0, 0.1) is 11.8 Å². The van der Waals surface area contributed by atoms with Crippen molar-refractivity contribution in [3.8, 4) is 5.75 Å². The molecule has 5 atom stereocenters. The number of piperidine rings is 3. The van der Waals surface area contributed by atoms with E-state index in [1.807, 2.05) is 42.9 Å². The van der Waals surface area contributed by atoms with Crippen LogP contribution in [0.1, 0.15) is 30.1 Å². The number of aliphatic hydroxyl groups excluding tert-OH is 1. The lowest BCUT2D eigenvalue weighted by molar-refractivity contribution is -0.984. The molecule has 3 saturated heterocycles. The summed E-state index contributed by atoms with van der Waals surface area (Å²) in [6.07, 6.45) is 9.31. The molecule has 160 valence electrons. The largest absolute Gasteiger partial charge is 0.497 e. The quantitative estimate of drug-likeness (QED) is 0.481. The van der Waals surface area contributed by atoms with Crippen molar-refractivity contribution in [2.24, 2.45) is 11.8 Å². The van der Waals surface area contributed by atoms with Gasteiger partial charge >= 0.3 is 0 Å². The third-order valence-electron chi connectivity index (χ3n) is 7.59.